The van der Waals surface area contributed by atoms with Crippen molar-refractivity contribution in [1.82, 2.24) is 24.9 Å². The van der Waals surface area contributed by atoms with Gasteiger partial charge in [0.25, 0.3) is 21.6 Å². The maximum absolute atomic E-state index is 14.2. The summed E-state index contributed by atoms with van der Waals surface area (Å²) in [4.78, 5) is 39.3. The number of sulfonamides is 1. The van der Waals surface area contributed by atoms with Crippen molar-refractivity contribution in [1.29, 1.82) is 0 Å². The minimum absolute atomic E-state index is 0.135. The second-order valence-electron chi connectivity index (χ2n) is 17.3. The van der Waals surface area contributed by atoms with Crippen molar-refractivity contribution in [2.24, 2.45) is 11.3 Å². The van der Waals surface area contributed by atoms with Gasteiger partial charge in [-0.2, -0.15) is 0 Å². The molecule has 2 saturated heterocycles. The summed E-state index contributed by atoms with van der Waals surface area (Å²) in [6.45, 7) is 11.1. The molecule has 14 nitrogen and oxygen atoms in total. The van der Waals surface area contributed by atoms with Crippen LogP contribution in [0.4, 0.5) is 17.1 Å². The summed E-state index contributed by atoms with van der Waals surface area (Å²) in [5.74, 6) is -0.582. The Labute approximate surface area is 367 Å². The van der Waals surface area contributed by atoms with Crippen LogP contribution in [0.5, 0.6) is 0 Å². The Hall–Kier alpha value is -5.35. The first-order valence-electron chi connectivity index (χ1n) is 21.3. The van der Waals surface area contributed by atoms with Crippen LogP contribution in [-0.4, -0.2) is 93.1 Å². The van der Waals surface area contributed by atoms with Crippen LogP contribution in [-0.2, 0) is 14.8 Å². The average Bonchev–Trinajstić information content (AvgIpc) is 3.49. The molecule has 62 heavy (non-hydrogen) atoms. The highest BCUT2D eigenvalue weighted by atomic mass is 35.5. The monoisotopic (exact) mass is 880 g/mol. The molecule has 4 heterocycles. The first kappa shape index (κ1) is 43.3. The summed E-state index contributed by atoms with van der Waals surface area (Å²) in [6, 6.07) is 17.3. The van der Waals surface area contributed by atoms with Crippen LogP contribution in [0.1, 0.15) is 73.9 Å². The molecule has 16 heteroatoms. The summed E-state index contributed by atoms with van der Waals surface area (Å²) in [5.41, 5.74) is 6.50. The Morgan fingerprint density at radius 1 is 0.984 bits per heavy atom. The summed E-state index contributed by atoms with van der Waals surface area (Å²) in [5, 5.41) is 20.5. The lowest BCUT2D eigenvalue weighted by Gasteiger charge is -2.39. The van der Waals surface area contributed by atoms with Crippen molar-refractivity contribution >= 4 is 61.9 Å². The number of allylic oxidation sites excluding steroid dienone is 1. The van der Waals surface area contributed by atoms with Gasteiger partial charge in [-0.05, 0) is 115 Å². The molecule has 4 aliphatic rings. The van der Waals surface area contributed by atoms with Gasteiger partial charge in [-0.15, -0.1) is 0 Å². The number of hydrogen-bond acceptors (Lipinski definition) is 12. The summed E-state index contributed by atoms with van der Waals surface area (Å²) < 4.78 is 35.3. The number of nitrogens with one attached hydrogen (secondary N) is 3. The van der Waals surface area contributed by atoms with Crippen LogP contribution >= 0.6 is 11.6 Å². The highest BCUT2D eigenvalue weighted by molar-refractivity contribution is 7.90. The minimum Gasteiger partial charge on any atom is -0.389 e. The summed E-state index contributed by atoms with van der Waals surface area (Å²) >= 11 is 6.26. The van der Waals surface area contributed by atoms with E-state index in [1.165, 1.54) is 28.8 Å². The molecule has 0 bridgehead atoms. The van der Waals surface area contributed by atoms with Gasteiger partial charge in [0.2, 0.25) is 0 Å². The fourth-order valence-corrected chi connectivity index (χ4v) is 10.0. The van der Waals surface area contributed by atoms with Crippen molar-refractivity contribution < 1.29 is 22.9 Å². The van der Waals surface area contributed by atoms with Gasteiger partial charge in [0.1, 0.15) is 11.0 Å². The van der Waals surface area contributed by atoms with Crippen LogP contribution in [0.2, 0.25) is 5.02 Å². The quantitative estimate of drug-likeness (QED) is 0.117. The molecule has 0 saturated carbocycles. The summed E-state index contributed by atoms with van der Waals surface area (Å²) in [6.07, 6.45) is 10.4. The second kappa shape index (κ2) is 18.6. The van der Waals surface area contributed by atoms with Gasteiger partial charge >= 0.3 is 0 Å². The van der Waals surface area contributed by atoms with E-state index in [0.29, 0.717) is 49.0 Å². The Bertz CT molecular complexity index is 2610. The van der Waals surface area contributed by atoms with Gasteiger partial charge in [-0.1, -0.05) is 43.2 Å². The SMILES string of the molecule is CC1(C)CCC(CN2CCN(c3ccc(C(=O)NS(=O)(=O)c4ccc(NCC5CCOCC5)c([N+](=O)[O-])c4)c(C4=c5nccnc5=CNCC4)c3)CC2)=C(c2ccc(Cl)cc2)C1. The topological polar surface area (TPSA) is 172 Å². The van der Waals surface area contributed by atoms with Crippen LogP contribution in [0.15, 0.2) is 83.5 Å². The fraction of sp³-hybridized carbons (Fsp3) is 0.413. The van der Waals surface area contributed by atoms with Gasteiger partial charge in [-0.3, -0.25) is 29.8 Å². The Morgan fingerprint density at radius 2 is 1.74 bits per heavy atom. The number of nitro groups is 1. The highest BCUT2D eigenvalue weighted by Gasteiger charge is 2.31. The number of amides is 1. The number of rotatable bonds is 12. The van der Waals surface area contributed by atoms with Crippen molar-refractivity contribution in [2.75, 3.05) is 69.2 Å². The van der Waals surface area contributed by atoms with Crippen LogP contribution in [0.3, 0.4) is 0 Å². The van der Waals surface area contributed by atoms with Crippen molar-refractivity contribution in [2.45, 2.75) is 57.3 Å². The number of fused-ring (bicyclic) bond motifs is 1. The number of piperazine rings is 1. The third-order valence-corrected chi connectivity index (χ3v) is 14.1. The number of carbonyl (C=O) groups excluding carboxylic acids is 1. The molecule has 1 aliphatic carbocycles. The number of hydrogen-bond donors (Lipinski definition) is 3. The lowest BCUT2D eigenvalue weighted by atomic mass is 9.72. The van der Waals surface area contributed by atoms with E-state index >= 15 is 0 Å². The van der Waals surface area contributed by atoms with Crippen LogP contribution < -0.4 is 31.0 Å². The molecular formula is C46H53ClN8O6S. The number of nitro benzene ring substituents is 1. The first-order chi connectivity index (χ1) is 29.8. The van der Waals surface area contributed by atoms with Gasteiger partial charge < -0.3 is 20.3 Å². The number of ether oxygens (including phenoxy) is 1. The molecule has 3 N–H and O–H groups in total. The van der Waals surface area contributed by atoms with Crippen molar-refractivity contribution in [3.8, 4) is 0 Å². The predicted octanol–water partition coefficient (Wildman–Crippen LogP) is 5.71. The molecule has 4 aromatic rings. The normalized spacial score (nSPS) is 18.6. The second-order valence-corrected chi connectivity index (χ2v) is 19.5. The molecule has 1 amide bonds. The standard InChI is InChI=1S/C46H53ClN8O6S/c1-46(2)15-11-33(40(27-46)32-3-5-34(47)6-4-32)30-53-19-21-54(22-20-53)35-7-9-38(39(25-35)37-12-16-48-29-42-44(37)50-18-17-49-42)45(56)52-62(59,60)36-8-10-41(43(26-36)55(57)58)51-28-31-13-23-61-24-14-31/h3-10,17-18,25-26,29,31,48,51H,11-16,19-24,27-28,30H2,1-2H3,(H,52,56). The van der Waals surface area contributed by atoms with E-state index in [9.17, 15) is 23.3 Å². The number of carbonyl (C=O) groups is 1. The molecule has 0 radical (unpaired) electrons. The van der Waals surface area contributed by atoms with E-state index in [1.807, 2.05) is 24.3 Å². The molecule has 3 aromatic carbocycles. The van der Waals surface area contributed by atoms with Crippen LogP contribution in [0, 0.1) is 21.4 Å². The minimum atomic E-state index is -4.54. The molecular weight excluding hydrogens is 828 g/mol. The zero-order valence-corrected chi connectivity index (χ0v) is 36.7. The van der Waals surface area contributed by atoms with E-state index in [0.717, 1.165) is 87.2 Å². The van der Waals surface area contributed by atoms with E-state index in [-0.39, 0.29) is 22.6 Å². The third kappa shape index (κ3) is 9.96. The summed E-state index contributed by atoms with van der Waals surface area (Å²) in [7, 11) is -4.54. The first-order valence-corrected chi connectivity index (χ1v) is 23.2. The Morgan fingerprint density at radius 3 is 2.50 bits per heavy atom. The van der Waals surface area contributed by atoms with E-state index < -0.39 is 31.4 Å². The number of anilines is 2. The van der Waals surface area contributed by atoms with E-state index in [2.05, 4.69) is 61.1 Å². The third-order valence-electron chi connectivity index (χ3n) is 12.5. The Kier molecular flexibility index (Phi) is 13.0. The molecule has 326 valence electrons. The van der Waals surface area contributed by atoms with E-state index in [1.54, 1.807) is 24.7 Å². The zero-order valence-electron chi connectivity index (χ0n) is 35.2. The van der Waals surface area contributed by atoms with E-state index in [4.69, 9.17) is 16.3 Å². The smallest absolute Gasteiger partial charge is 0.293 e. The molecule has 3 aliphatic heterocycles. The fourth-order valence-electron chi connectivity index (χ4n) is 8.93. The van der Waals surface area contributed by atoms with Crippen molar-refractivity contribution in [3.63, 3.8) is 0 Å². The number of benzene rings is 3. The largest absolute Gasteiger partial charge is 0.389 e. The number of nitrogens with zero attached hydrogens (tertiary/aromatic N) is 5. The van der Waals surface area contributed by atoms with Gasteiger partial charge in [0, 0.05) is 100.0 Å². The number of aromatic nitrogens is 2. The maximum atomic E-state index is 14.2. The molecule has 0 atom stereocenters. The average molecular weight is 881 g/mol. The lowest BCUT2D eigenvalue weighted by molar-refractivity contribution is -0.384. The maximum Gasteiger partial charge on any atom is 0.293 e. The molecule has 0 spiro atoms. The molecule has 2 fully saturated rings. The van der Waals surface area contributed by atoms with Gasteiger partial charge in [0.05, 0.1) is 15.2 Å². The van der Waals surface area contributed by atoms with Crippen LogP contribution in [0.25, 0.3) is 17.3 Å². The van der Waals surface area contributed by atoms with Crippen molar-refractivity contribution in [3.05, 3.63) is 121 Å². The van der Waals surface area contributed by atoms with Gasteiger partial charge in [-0.25, -0.2) is 13.1 Å². The number of halogens is 1. The Balaban J connectivity index is 1.05. The molecule has 1 aromatic heterocycles. The zero-order chi connectivity index (χ0) is 43.4. The predicted molar refractivity (Wildman–Crippen MR) is 242 cm³/mol. The molecule has 8 rings (SSSR count). The highest BCUT2D eigenvalue weighted by Crippen LogP contribution is 2.43. The van der Waals surface area contributed by atoms with Gasteiger partial charge in [0.15, 0.2) is 0 Å². The lowest BCUT2D eigenvalue weighted by Crippen LogP contribution is -2.47. The molecule has 0 unspecified atom stereocenters.